The molecule has 31 heavy (non-hydrogen) atoms. The SMILES string of the molecule is CCC(=O)NC(CO)CC1(O)C2C3C(C4Cc5ccc(O)cc5C1(C)C43)N2CC1CC1. The van der Waals surface area contributed by atoms with Crippen molar-refractivity contribution in [2.24, 2.45) is 23.7 Å². The molecule has 0 spiro atoms. The largest absolute Gasteiger partial charge is 0.508 e. The molecule has 1 aliphatic heterocycles. The number of aliphatic hydroxyl groups excluding tert-OH is 1. The van der Waals surface area contributed by atoms with E-state index < -0.39 is 17.1 Å². The lowest BCUT2D eigenvalue weighted by atomic mass is 9.46. The molecule has 1 saturated heterocycles. The van der Waals surface area contributed by atoms with Gasteiger partial charge in [0.25, 0.3) is 0 Å². The molecule has 168 valence electrons. The summed E-state index contributed by atoms with van der Waals surface area (Å²) in [5, 5.41) is 35.9. The maximum Gasteiger partial charge on any atom is 0.220 e. The number of phenols is 1. The molecule has 4 N–H and O–H groups in total. The van der Waals surface area contributed by atoms with Crippen LogP contribution in [0.1, 0.15) is 50.7 Å². The summed E-state index contributed by atoms with van der Waals surface area (Å²) in [6.45, 7) is 4.85. The van der Waals surface area contributed by atoms with Crippen LogP contribution in [-0.4, -0.2) is 63.0 Å². The van der Waals surface area contributed by atoms with Crippen molar-refractivity contribution < 1.29 is 20.1 Å². The van der Waals surface area contributed by atoms with Crippen molar-refractivity contribution >= 4 is 5.91 Å². The number of piperidine rings is 1. The summed E-state index contributed by atoms with van der Waals surface area (Å²) < 4.78 is 0. The zero-order chi connectivity index (χ0) is 21.7. The highest BCUT2D eigenvalue weighted by Crippen LogP contribution is 2.76. The second kappa shape index (κ2) is 6.46. The molecule has 0 bridgehead atoms. The van der Waals surface area contributed by atoms with E-state index in [0.717, 1.165) is 24.4 Å². The number of rotatable bonds is 7. The Morgan fingerprint density at radius 1 is 1.35 bits per heavy atom. The first-order valence-corrected chi connectivity index (χ1v) is 12.0. The lowest BCUT2D eigenvalue weighted by Crippen LogP contribution is -2.77. The van der Waals surface area contributed by atoms with Crippen molar-refractivity contribution in [3.63, 3.8) is 0 Å². The van der Waals surface area contributed by atoms with Crippen molar-refractivity contribution in [3.8, 4) is 5.75 Å². The number of phenolic OH excluding ortho intramolecular Hbond substituents is 1. The van der Waals surface area contributed by atoms with Crippen molar-refractivity contribution in [3.05, 3.63) is 29.3 Å². The van der Waals surface area contributed by atoms with E-state index in [1.54, 1.807) is 13.0 Å². The summed E-state index contributed by atoms with van der Waals surface area (Å²) >= 11 is 0. The third-order valence-electron chi connectivity index (χ3n) is 9.61. The molecule has 1 aromatic carbocycles. The Kier molecular flexibility index (Phi) is 4.17. The predicted octanol–water partition coefficient (Wildman–Crippen LogP) is 1.55. The highest BCUT2D eigenvalue weighted by atomic mass is 16.3. The summed E-state index contributed by atoms with van der Waals surface area (Å²) in [7, 11) is 0. The topological polar surface area (TPSA) is 93.0 Å². The molecule has 0 aromatic heterocycles. The van der Waals surface area contributed by atoms with Crippen LogP contribution in [0.5, 0.6) is 5.75 Å². The van der Waals surface area contributed by atoms with Crippen LogP contribution >= 0.6 is 0 Å². The van der Waals surface area contributed by atoms with Gasteiger partial charge in [0, 0.05) is 36.9 Å². The maximum absolute atomic E-state index is 12.6. The van der Waals surface area contributed by atoms with E-state index in [1.165, 1.54) is 18.4 Å². The van der Waals surface area contributed by atoms with Crippen LogP contribution in [0.15, 0.2) is 18.2 Å². The third-order valence-corrected chi connectivity index (χ3v) is 9.61. The van der Waals surface area contributed by atoms with E-state index >= 15 is 0 Å². The minimum Gasteiger partial charge on any atom is -0.508 e. The fourth-order valence-electron chi connectivity index (χ4n) is 8.18. The Morgan fingerprint density at radius 3 is 2.81 bits per heavy atom. The second-order valence-corrected chi connectivity index (χ2v) is 11.0. The molecule has 1 heterocycles. The average molecular weight is 427 g/mol. The Hall–Kier alpha value is -1.63. The minimum atomic E-state index is -1.07. The van der Waals surface area contributed by atoms with Gasteiger partial charge in [-0.25, -0.2) is 0 Å². The number of carbonyl (C=O) groups excluding carboxylic acids is 1. The molecular weight excluding hydrogens is 392 g/mol. The van der Waals surface area contributed by atoms with Crippen LogP contribution in [0.3, 0.4) is 0 Å². The molecule has 3 saturated carbocycles. The van der Waals surface area contributed by atoms with Crippen LogP contribution in [0, 0.1) is 23.7 Å². The fraction of sp³-hybridized carbons (Fsp3) is 0.720. The van der Waals surface area contributed by atoms with Gasteiger partial charge in [-0.05, 0) is 66.2 Å². The highest BCUT2D eigenvalue weighted by molar-refractivity contribution is 5.75. The van der Waals surface area contributed by atoms with Crippen molar-refractivity contribution in [2.75, 3.05) is 13.2 Å². The first kappa shape index (κ1) is 20.0. The van der Waals surface area contributed by atoms with E-state index in [0.29, 0.717) is 36.6 Å². The number of carbonyl (C=O) groups is 1. The van der Waals surface area contributed by atoms with Gasteiger partial charge in [-0.15, -0.1) is 0 Å². The maximum atomic E-state index is 12.6. The summed E-state index contributed by atoms with van der Waals surface area (Å²) in [4.78, 5) is 14.7. The molecule has 0 radical (unpaired) electrons. The van der Waals surface area contributed by atoms with Gasteiger partial charge in [-0.1, -0.05) is 19.9 Å². The van der Waals surface area contributed by atoms with Crippen LogP contribution in [0.4, 0.5) is 0 Å². The van der Waals surface area contributed by atoms with Gasteiger partial charge in [0.1, 0.15) is 5.75 Å². The lowest BCUT2D eigenvalue weighted by Gasteiger charge is -2.68. The number of hydrogen-bond acceptors (Lipinski definition) is 5. The fourth-order valence-corrected chi connectivity index (χ4v) is 8.18. The Morgan fingerprint density at radius 2 is 2.13 bits per heavy atom. The van der Waals surface area contributed by atoms with Gasteiger partial charge >= 0.3 is 0 Å². The summed E-state index contributed by atoms with van der Waals surface area (Å²) in [5.74, 6) is 2.28. The Balaban J connectivity index is 1.44. The first-order chi connectivity index (χ1) is 14.8. The normalized spacial score (nSPS) is 42.8. The van der Waals surface area contributed by atoms with Crippen LogP contribution < -0.4 is 5.32 Å². The first-order valence-electron chi connectivity index (χ1n) is 12.0. The standard InChI is InChI=1S/C25H34N2O4/c1-3-19(30)26-15(12-28)10-25(31)23-20-21-17(22(20)27(23)11-13-4-5-13)8-14-6-7-16(29)9-18(14)24(21,25)2/h6-7,9,13,15,17,20-23,28-29,31H,3-5,8,10-12H2,1-2H3,(H,26,30). The number of hydrogen-bond donors (Lipinski definition) is 4. The van der Waals surface area contributed by atoms with Crippen LogP contribution in [-0.2, 0) is 16.6 Å². The molecule has 8 unspecified atom stereocenters. The zero-order valence-corrected chi connectivity index (χ0v) is 18.4. The number of benzene rings is 1. The summed E-state index contributed by atoms with van der Waals surface area (Å²) in [5.41, 5.74) is 0.725. The van der Waals surface area contributed by atoms with Crippen molar-refractivity contribution in [2.45, 2.75) is 75.1 Å². The molecule has 5 aliphatic rings. The highest BCUT2D eigenvalue weighted by Gasteiger charge is 2.84. The molecule has 4 aliphatic carbocycles. The molecule has 6 rings (SSSR count). The Labute approximate surface area is 183 Å². The molecule has 6 heteroatoms. The number of nitrogens with one attached hydrogen (secondary N) is 1. The number of nitrogens with zero attached hydrogens (tertiary/aromatic N) is 1. The summed E-state index contributed by atoms with van der Waals surface area (Å²) in [6.07, 6.45) is 4.26. The molecule has 1 amide bonds. The van der Waals surface area contributed by atoms with Crippen molar-refractivity contribution in [1.29, 1.82) is 0 Å². The van der Waals surface area contributed by atoms with Crippen LogP contribution in [0.2, 0.25) is 0 Å². The van der Waals surface area contributed by atoms with E-state index in [2.05, 4.69) is 17.1 Å². The van der Waals surface area contributed by atoms with Gasteiger partial charge < -0.3 is 20.6 Å². The molecule has 1 aromatic rings. The second-order valence-electron chi connectivity index (χ2n) is 11.0. The smallest absolute Gasteiger partial charge is 0.220 e. The van der Waals surface area contributed by atoms with Gasteiger partial charge in [-0.2, -0.15) is 0 Å². The van der Waals surface area contributed by atoms with Gasteiger partial charge in [0.05, 0.1) is 18.2 Å². The zero-order valence-electron chi connectivity index (χ0n) is 18.4. The predicted molar refractivity (Wildman–Crippen MR) is 116 cm³/mol. The molecule has 4 fully saturated rings. The van der Waals surface area contributed by atoms with E-state index in [1.807, 2.05) is 12.1 Å². The van der Waals surface area contributed by atoms with Crippen LogP contribution in [0.25, 0.3) is 0 Å². The van der Waals surface area contributed by atoms with E-state index in [-0.39, 0.29) is 24.3 Å². The minimum absolute atomic E-state index is 0.0604. The van der Waals surface area contributed by atoms with Crippen molar-refractivity contribution in [1.82, 2.24) is 10.2 Å². The Bertz CT molecular complexity index is 932. The number of likely N-dealkylation sites (tertiary alicyclic amines) is 1. The van der Waals surface area contributed by atoms with Gasteiger partial charge in [0.15, 0.2) is 0 Å². The van der Waals surface area contributed by atoms with E-state index in [4.69, 9.17) is 0 Å². The number of fused-ring (bicyclic) bond motifs is 3. The molecular formula is C25H34N2O4. The summed E-state index contributed by atoms with van der Waals surface area (Å²) in [6, 6.07) is 5.78. The molecule has 6 nitrogen and oxygen atoms in total. The monoisotopic (exact) mass is 426 g/mol. The average Bonchev–Trinajstić information content (AvgIpc) is 3.53. The molecule has 8 atom stereocenters. The quantitative estimate of drug-likeness (QED) is 0.531. The number of amides is 1. The van der Waals surface area contributed by atoms with Gasteiger partial charge in [0.2, 0.25) is 5.91 Å². The van der Waals surface area contributed by atoms with E-state index in [9.17, 15) is 20.1 Å². The lowest BCUT2D eigenvalue weighted by molar-refractivity contribution is -0.205. The number of aromatic hydroxyl groups is 1. The number of aliphatic hydroxyl groups is 2. The van der Waals surface area contributed by atoms with Gasteiger partial charge in [-0.3, -0.25) is 9.69 Å². The third kappa shape index (κ3) is 2.42.